The standard InChI is InChI=1S/C47H90N6O5/c1-4-7-10-12-14-22-28-40-57-45(54)32-24-18-15-20-26-37-52(41-50-42-53-39-34-44(48)51-47(53)56)38-27-21-16-19-25-33-46(55)58-43(30-23-17-13-11-8-5-2)31-29-36-49-35-9-6-3/h34,39,43,49-50H,4-33,35-38,40-42H2,1-3H3,(H2,48,51,56). The van der Waals surface area contributed by atoms with E-state index in [2.05, 4.69) is 41.3 Å². The molecule has 0 amide bonds. The molecule has 4 N–H and O–H groups in total. The molecule has 58 heavy (non-hydrogen) atoms. The van der Waals surface area contributed by atoms with Crippen molar-refractivity contribution in [2.24, 2.45) is 0 Å². The van der Waals surface area contributed by atoms with Gasteiger partial charge in [0.15, 0.2) is 0 Å². The SMILES string of the molecule is CCCCCCCCCOC(=O)CCCCCCCN(CCCCCCCC(=O)OC(CCCCCCCC)CCCNCCCC)CNCn1ccc(N)nc1=O. The van der Waals surface area contributed by atoms with Gasteiger partial charge in [0, 0.05) is 25.7 Å². The van der Waals surface area contributed by atoms with Gasteiger partial charge in [-0.2, -0.15) is 4.98 Å². The van der Waals surface area contributed by atoms with E-state index in [1.54, 1.807) is 12.3 Å². The van der Waals surface area contributed by atoms with Crippen molar-refractivity contribution in [3.8, 4) is 0 Å². The predicted molar refractivity (Wildman–Crippen MR) is 242 cm³/mol. The minimum Gasteiger partial charge on any atom is -0.466 e. The van der Waals surface area contributed by atoms with Crippen LogP contribution in [0.4, 0.5) is 5.82 Å². The van der Waals surface area contributed by atoms with Crippen LogP contribution in [-0.2, 0) is 25.7 Å². The number of nitrogens with zero attached hydrogens (tertiary/aromatic N) is 3. The Balaban J connectivity index is 2.35. The van der Waals surface area contributed by atoms with Crippen molar-refractivity contribution in [1.29, 1.82) is 0 Å². The molecule has 0 aliphatic heterocycles. The zero-order valence-electron chi connectivity index (χ0n) is 37.9. The summed E-state index contributed by atoms with van der Waals surface area (Å²) < 4.78 is 13.0. The third kappa shape index (κ3) is 33.3. The predicted octanol–water partition coefficient (Wildman–Crippen LogP) is 10.4. The third-order valence-corrected chi connectivity index (χ3v) is 11.0. The maximum Gasteiger partial charge on any atom is 0.350 e. The first-order chi connectivity index (χ1) is 28.4. The molecular formula is C47H90N6O5. The lowest BCUT2D eigenvalue weighted by molar-refractivity contribution is -0.150. The Hall–Kier alpha value is -2.50. The minimum absolute atomic E-state index is 0.0266. The molecule has 1 aromatic rings. The fraction of sp³-hybridized carbons (Fsp3) is 0.872. The van der Waals surface area contributed by atoms with Gasteiger partial charge >= 0.3 is 17.6 Å². The Labute approximate surface area is 355 Å². The average molecular weight is 819 g/mol. The average Bonchev–Trinajstić information content (AvgIpc) is 3.21. The number of nitrogens with two attached hydrogens (primary N) is 1. The van der Waals surface area contributed by atoms with Crippen molar-refractivity contribution in [1.82, 2.24) is 25.1 Å². The second-order valence-corrected chi connectivity index (χ2v) is 16.6. The highest BCUT2D eigenvalue weighted by atomic mass is 16.5. The molecule has 0 aromatic carbocycles. The van der Waals surface area contributed by atoms with E-state index in [0.717, 1.165) is 129 Å². The van der Waals surface area contributed by atoms with Crippen molar-refractivity contribution in [3.63, 3.8) is 0 Å². The highest BCUT2D eigenvalue weighted by molar-refractivity contribution is 5.69. The van der Waals surface area contributed by atoms with E-state index in [9.17, 15) is 14.4 Å². The zero-order chi connectivity index (χ0) is 42.2. The largest absolute Gasteiger partial charge is 0.466 e. The molecule has 0 aliphatic carbocycles. The lowest BCUT2D eigenvalue weighted by Gasteiger charge is -2.23. The smallest absolute Gasteiger partial charge is 0.350 e. The van der Waals surface area contributed by atoms with Crippen LogP contribution < -0.4 is 22.1 Å². The summed E-state index contributed by atoms with van der Waals surface area (Å²) in [6.07, 6.45) is 34.7. The van der Waals surface area contributed by atoms with Crippen LogP contribution >= 0.6 is 0 Å². The molecule has 0 bridgehead atoms. The lowest BCUT2D eigenvalue weighted by Crippen LogP contribution is -2.38. The van der Waals surface area contributed by atoms with Crippen LogP contribution in [0.25, 0.3) is 0 Å². The van der Waals surface area contributed by atoms with Crippen LogP contribution in [-0.4, -0.2) is 71.9 Å². The quantitative estimate of drug-likeness (QED) is 0.0331. The van der Waals surface area contributed by atoms with Gasteiger partial charge in [-0.25, -0.2) is 4.79 Å². The number of hydrogen-bond donors (Lipinski definition) is 3. The lowest BCUT2D eigenvalue weighted by atomic mass is 10.0. The summed E-state index contributed by atoms with van der Waals surface area (Å²) in [7, 11) is 0. The van der Waals surface area contributed by atoms with Gasteiger partial charge in [-0.15, -0.1) is 0 Å². The van der Waals surface area contributed by atoms with E-state index in [4.69, 9.17) is 15.2 Å². The number of rotatable bonds is 43. The fourth-order valence-electron chi connectivity index (χ4n) is 7.29. The topological polar surface area (TPSA) is 141 Å². The first kappa shape index (κ1) is 53.5. The van der Waals surface area contributed by atoms with E-state index < -0.39 is 0 Å². The number of esters is 2. The molecule has 0 spiro atoms. The Bertz CT molecular complexity index is 1130. The molecule has 11 nitrogen and oxygen atoms in total. The summed E-state index contributed by atoms with van der Waals surface area (Å²) in [5.74, 6) is 0.151. The van der Waals surface area contributed by atoms with Gasteiger partial charge in [-0.05, 0) is 96.5 Å². The molecule has 0 radical (unpaired) electrons. The monoisotopic (exact) mass is 819 g/mol. The first-order valence-corrected chi connectivity index (χ1v) is 24.2. The molecule has 11 heteroatoms. The second-order valence-electron chi connectivity index (χ2n) is 16.6. The summed E-state index contributed by atoms with van der Waals surface area (Å²) in [6.45, 7) is 12.3. The first-order valence-electron chi connectivity index (χ1n) is 24.2. The summed E-state index contributed by atoms with van der Waals surface area (Å²) in [5, 5.41) is 6.94. The second kappa shape index (κ2) is 39.9. The van der Waals surface area contributed by atoms with Crippen LogP contribution in [0.3, 0.4) is 0 Å². The highest BCUT2D eigenvalue weighted by Gasteiger charge is 2.14. The van der Waals surface area contributed by atoms with E-state index >= 15 is 0 Å². The summed E-state index contributed by atoms with van der Waals surface area (Å²) in [5.41, 5.74) is 5.30. The number of unbranched alkanes of at least 4 members (excludes halogenated alkanes) is 20. The van der Waals surface area contributed by atoms with Crippen molar-refractivity contribution in [3.05, 3.63) is 22.7 Å². The van der Waals surface area contributed by atoms with Crippen LogP contribution in [0.2, 0.25) is 0 Å². The number of nitrogen functional groups attached to an aromatic ring is 1. The normalized spacial score (nSPS) is 12.0. The summed E-state index contributed by atoms with van der Waals surface area (Å²) >= 11 is 0. The fourth-order valence-corrected chi connectivity index (χ4v) is 7.29. The van der Waals surface area contributed by atoms with Gasteiger partial charge in [-0.3, -0.25) is 24.4 Å². The molecule has 1 aromatic heterocycles. The van der Waals surface area contributed by atoms with E-state index in [1.165, 1.54) is 81.6 Å². The number of ether oxygens (including phenoxy) is 2. The van der Waals surface area contributed by atoms with Gasteiger partial charge in [0.2, 0.25) is 0 Å². The maximum absolute atomic E-state index is 12.8. The van der Waals surface area contributed by atoms with E-state index in [0.29, 0.717) is 32.8 Å². The zero-order valence-corrected chi connectivity index (χ0v) is 37.9. The number of anilines is 1. The molecule has 338 valence electrons. The molecule has 0 aliphatic rings. The van der Waals surface area contributed by atoms with Crippen molar-refractivity contribution < 1.29 is 19.1 Å². The van der Waals surface area contributed by atoms with Gasteiger partial charge in [0.1, 0.15) is 11.9 Å². The third-order valence-electron chi connectivity index (χ3n) is 11.0. The Morgan fingerprint density at radius 2 is 1.17 bits per heavy atom. The van der Waals surface area contributed by atoms with E-state index in [-0.39, 0.29) is 29.6 Å². The van der Waals surface area contributed by atoms with Gasteiger partial charge < -0.3 is 20.5 Å². The van der Waals surface area contributed by atoms with Gasteiger partial charge in [0.05, 0.1) is 13.3 Å². The Morgan fingerprint density at radius 3 is 1.79 bits per heavy atom. The van der Waals surface area contributed by atoms with Crippen LogP contribution in [0.1, 0.15) is 213 Å². The Kier molecular flexibility index (Phi) is 36.8. The molecule has 1 rings (SSSR count). The molecule has 0 fully saturated rings. The molecule has 0 saturated carbocycles. The minimum atomic E-state index is -0.354. The van der Waals surface area contributed by atoms with Gasteiger partial charge in [-0.1, -0.05) is 136 Å². The number of aromatic nitrogens is 2. The van der Waals surface area contributed by atoms with Crippen molar-refractivity contribution >= 4 is 17.8 Å². The molecule has 1 unspecified atom stereocenters. The van der Waals surface area contributed by atoms with Gasteiger partial charge in [0.25, 0.3) is 0 Å². The van der Waals surface area contributed by atoms with Crippen molar-refractivity contribution in [2.45, 2.75) is 226 Å². The molecule has 1 heterocycles. The summed E-state index contributed by atoms with van der Waals surface area (Å²) in [6, 6.07) is 1.64. The highest BCUT2D eigenvalue weighted by Crippen LogP contribution is 2.17. The number of carbonyl (C=O) groups excluding carboxylic acids is 2. The number of nitrogens with one attached hydrogen (secondary N) is 2. The number of carbonyl (C=O) groups is 2. The van der Waals surface area contributed by atoms with Crippen LogP contribution in [0.5, 0.6) is 0 Å². The maximum atomic E-state index is 12.8. The van der Waals surface area contributed by atoms with Crippen molar-refractivity contribution in [2.75, 3.05) is 45.2 Å². The van der Waals surface area contributed by atoms with Crippen LogP contribution in [0, 0.1) is 0 Å². The molecule has 0 saturated heterocycles. The number of hydrogen-bond acceptors (Lipinski definition) is 10. The molecule has 1 atom stereocenters. The van der Waals surface area contributed by atoms with Crippen LogP contribution in [0.15, 0.2) is 17.1 Å². The summed E-state index contributed by atoms with van der Waals surface area (Å²) in [4.78, 5) is 43.4. The molecular weight excluding hydrogens is 729 g/mol. The Morgan fingerprint density at radius 1 is 0.655 bits per heavy atom. The van der Waals surface area contributed by atoms with E-state index in [1.807, 2.05) is 0 Å².